The quantitative estimate of drug-likeness (QED) is 0.719. The van der Waals surface area contributed by atoms with Gasteiger partial charge in [-0.2, -0.15) is 0 Å². The summed E-state index contributed by atoms with van der Waals surface area (Å²) in [4.78, 5) is 10.2. The molecule has 0 spiro atoms. The zero-order valence-corrected chi connectivity index (χ0v) is 14.3. The Balaban J connectivity index is -0.0000000906. The Hall–Kier alpha value is -0.530. The van der Waals surface area contributed by atoms with E-state index >= 15 is 0 Å². The minimum atomic E-state index is 0. The lowest BCUT2D eigenvalue weighted by Crippen LogP contribution is -2.24. The van der Waals surface area contributed by atoms with Gasteiger partial charge in [-0.15, -0.1) is 0 Å². The third kappa shape index (κ3) is 58.3. The fourth-order valence-corrected chi connectivity index (χ4v) is 0.348. The molecule has 19 heavy (non-hydrogen) atoms. The molecular weight excluding hydrogens is 234 g/mol. The summed E-state index contributed by atoms with van der Waals surface area (Å²) in [6.07, 6.45) is 2.61. The van der Waals surface area contributed by atoms with E-state index in [1.54, 1.807) is 0 Å². The molecule has 0 bridgehead atoms. The van der Waals surface area contributed by atoms with E-state index in [0.29, 0.717) is 5.92 Å². The van der Waals surface area contributed by atoms with Crippen LogP contribution in [0.3, 0.4) is 0 Å². The van der Waals surface area contributed by atoms with Crippen molar-refractivity contribution in [3.05, 3.63) is 0 Å². The number of hydrogen-bond donors (Lipinski definition) is 1. The van der Waals surface area contributed by atoms with Gasteiger partial charge in [0, 0.05) is 13.5 Å². The first-order valence-corrected chi connectivity index (χ1v) is 7.41. The number of amides is 1. The molecular formula is C17H41NO. The molecule has 0 atom stereocenters. The number of nitrogens with one attached hydrogen (secondary N) is 1. The fraction of sp³-hybridized carbons (Fsp3) is 0.941. The summed E-state index contributed by atoms with van der Waals surface area (Å²) in [5.74, 6) is 2.38. The van der Waals surface area contributed by atoms with Crippen LogP contribution in [0.15, 0.2) is 0 Å². The summed E-state index contributed by atoms with van der Waals surface area (Å²) in [6.45, 7) is 19.7. The van der Waals surface area contributed by atoms with Gasteiger partial charge in [-0.25, -0.2) is 0 Å². The van der Waals surface area contributed by atoms with Crippen molar-refractivity contribution in [1.29, 1.82) is 0 Å². The normalized spacial score (nSPS) is 9.05. The Labute approximate surface area is 123 Å². The molecule has 2 nitrogen and oxygen atoms in total. The Kier molecular flexibility index (Phi) is 28.1. The maximum absolute atomic E-state index is 10.2. The number of rotatable bonds is 4. The largest absolute Gasteiger partial charge is 0.356 e. The van der Waals surface area contributed by atoms with Crippen molar-refractivity contribution < 1.29 is 4.79 Å². The summed E-state index contributed by atoms with van der Waals surface area (Å²) in [7, 11) is 0. The van der Waals surface area contributed by atoms with Gasteiger partial charge in [-0.3, -0.25) is 4.79 Å². The molecule has 0 aliphatic carbocycles. The van der Waals surface area contributed by atoms with Crippen molar-refractivity contribution in [2.45, 2.75) is 82.6 Å². The second-order valence-electron chi connectivity index (χ2n) is 5.94. The van der Waals surface area contributed by atoms with Crippen LogP contribution in [0.1, 0.15) is 82.6 Å². The van der Waals surface area contributed by atoms with Gasteiger partial charge in [-0.05, 0) is 17.8 Å². The Morgan fingerprint density at radius 1 is 0.842 bits per heavy atom. The van der Waals surface area contributed by atoms with Crippen LogP contribution in [-0.4, -0.2) is 12.5 Å². The van der Waals surface area contributed by atoms with E-state index in [4.69, 9.17) is 0 Å². The third-order valence-electron chi connectivity index (χ3n) is 2.39. The fourth-order valence-electron chi connectivity index (χ4n) is 0.348. The van der Waals surface area contributed by atoms with Crippen molar-refractivity contribution in [2.75, 3.05) is 6.54 Å². The van der Waals surface area contributed by atoms with E-state index in [2.05, 4.69) is 60.7 Å². The Bertz CT molecular complexity index is 155. The minimum absolute atomic E-state index is 0. The van der Waals surface area contributed by atoms with Crippen LogP contribution in [0.2, 0.25) is 0 Å². The molecule has 0 aromatic heterocycles. The number of hydrogen-bond acceptors (Lipinski definition) is 1. The van der Waals surface area contributed by atoms with Crippen LogP contribution in [0.25, 0.3) is 0 Å². The van der Waals surface area contributed by atoms with Crippen LogP contribution in [0.4, 0.5) is 0 Å². The van der Waals surface area contributed by atoms with Crippen molar-refractivity contribution in [1.82, 2.24) is 5.32 Å². The zero-order chi connectivity index (χ0) is 15.1. The van der Waals surface area contributed by atoms with Gasteiger partial charge >= 0.3 is 0 Å². The molecule has 1 amide bonds. The van der Waals surface area contributed by atoms with E-state index in [9.17, 15) is 4.79 Å². The lowest BCUT2D eigenvalue weighted by Gasteiger charge is -2.02. The van der Waals surface area contributed by atoms with Crippen LogP contribution >= 0.6 is 0 Å². The molecule has 0 saturated heterocycles. The van der Waals surface area contributed by atoms with Crippen molar-refractivity contribution in [3.63, 3.8) is 0 Å². The van der Waals surface area contributed by atoms with Gasteiger partial charge in [0.05, 0.1) is 0 Å². The average Bonchev–Trinajstić information content (AvgIpc) is 2.27. The molecule has 0 fully saturated rings. The molecule has 0 radical (unpaired) electrons. The van der Waals surface area contributed by atoms with Crippen LogP contribution in [0, 0.1) is 17.8 Å². The molecule has 0 aliphatic heterocycles. The van der Waals surface area contributed by atoms with Crippen molar-refractivity contribution in [2.24, 2.45) is 17.8 Å². The van der Waals surface area contributed by atoms with Crippen LogP contribution < -0.4 is 5.32 Å². The second kappa shape index (κ2) is 19.8. The maximum Gasteiger partial charge on any atom is 0.216 e. The molecule has 0 aromatic rings. The molecule has 120 valence electrons. The molecule has 0 rings (SSSR count). The molecule has 0 unspecified atom stereocenters. The summed E-state index contributed by atoms with van der Waals surface area (Å²) in [6, 6.07) is 0. The van der Waals surface area contributed by atoms with Gasteiger partial charge in [-0.1, -0.05) is 75.7 Å². The highest BCUT2D eigenvalue weighted by Gasteiger charge is 1.92. The van der Waals surface area contributed by atoms with Gasteiger partial charge < -0.3 is 5.32 Å². The van der Waals surface area contributed by atoms with E-state index in [1.807, 2.05) is 0 Å². The molecule has 0 saturated carbocycles. The predicted octanol–water partition coefficient (Wildman–Crippen LogP) is 5.52. The van der Waals surface area contributed by atoms with Gasteiger partial charge in [0.2, 0.25) is 5.91 Å². The highest BCUT2D eigenvalue weighted by molar-refractivity contribution is 5.72. The maximum atomic E-state index is 10.2. The van der Waals surface area contributed by atoms with Gasteiger partial charge in [0.1, 0.15) is 0 Å². The topological polar surface area (TPSA) is 29.1 Å². The highest BCUT2D eigenvalue weighted by Crippen LogP contribution is 1.94. The molecule has 2 heteroatoms. The predicted molar refractivity (Wildman–Crippen MR) is 90.5 cm³/mol. The minimum Gasteiger partial charge on any atom is -0.356 e. The van der Waals surface area contributed by atoms with E-state index in [1.165, 1.54) is 19.8 Å². The third-order valence-corrected chi connectivity index (χ3v) is 2.39. The Morgan fingerprint density at radius 2 is 1.11 bits per heavy atom. The summed E-state index contributed by atoms with van der Waals surface area (Å²) >= 11 is 0. The van der Waals surface area contributed by atoms with Gasteiger partial charge in [0.25, 0.3) is 0 Å². The standard InChI is InChI=1S/C6H13NO.2C5H12.CH4/c1-5(2)4-7-6(3)8;2*1-4-5(2)3;/h5H,4H2,1-3H3,(H,7,8);2*5H,4H2,1-3H3;1H4. The lowest BCUT2D eigenvalue weighted by molar-refractivity contribution is -0.119. The number of carbonyl (C=O) groups excluding carboxylic acids is 1. The van der Waals surface area contributed by atoms with E-state index in [0.717, 1.165) is 18.4 Å². The Morgan fingerprint density at radius 3 is 1.16 bits per heavy atom. The smallest absolute Gasteiger partial charge is 0.216 e. The zero-order valence-electron chi connectivity index (χ0n) is 14.3. The lowest BCUT2D eigenvalue weighted by atomic mass is 10.2. The average molecular weight is 276 g/mol. The first-order chi connectivity index (χ1) is 8.17. The summed E-state index contributed by atoms with van der Waals surface area (Å²) in [5, 5.41) is 2.71. The highest BCUT2D eigenvalue weighted by atomic mass is 16.1. The first-order valence-electron chi connectivity index (χ1n) is 7.41. The molecule has 0 aromatic carbocycles. The van der Waals surface area contributed by atoms with E-state index in [-0.39, 0.29) is 13.3 Å². The van der Waals surface area contributed by atoms with Gasteiger partial charge in [0.15, 0.2) is 0 Å². The van der Waals surface area contributed by atoms with Crippen LogP contribution in [-0.2, 0) is 4.79 Å². The molecule has 0 aliphatic rings. The monoisotopic (exact) mass is 275 g/mol. The van der Waals surface area contributed by atoms with Crippen molar-refractivity contribution >= 4 is 5.91 Å². The number of carbonyl (C=O) groups is 1. The molecule has 0 heterocycles. The first kappa shape index (κ1) is 26.9. The summed E-state index contributed by atoms with van der Waals surface area (Å²) < 4.78 is 0. The summed E-state index contributed by atoms with van der Waals surface area (Å²) in [5.41, 5.74) is 0. The second-order valence-corrected chi connectivity index (χ2v) is 5.94. The van der Waals surface area contributed by atoms with Crippen LogP contribution in [0.5, 0.6) is 0 Å². The molecule has 1 N–H and O–H groups in total. The SMILES string of the molecule is C.CC(=O)NCC(C)C.CCC(C)C.CCC(C)C. The van der Waals surface area contributed by atoms with Crippen molar-refractivity contribution in [3.8, 4) is 0 Å². The van der Waals surface area contributed by atoms with E-state index < -0.39 is 0 Å².